The van der Waals surface area contributed by atoms with Gasteiger partial charge in [0.1, 0.15) is 40.4 Å². The first-order valence-electron chi connectivity index (χ1n) is 9.12. The van der Waals surface area contributed by atoms with E-state index in [2.05, 4.69) is 25.4 Å². The predicted octanol–water partition coefficient (Wildman–Crippen LogP) is 1.85. The van der Waals surface area contributed by atoms with Gasteiger partial charge in [0.2, 0.25) is 5.88 Å². The van der Waals surface area contributed by atoms with Crippen LogP contribution in [0.2, 0.25) is 5.02 Å². The lowest BCUT2D eigenvalue weighted by atomic mass is 10.2. The van der Waals surface area contributed by atoms with E-state index < -0.39 is 0 Å². The van der Waals surface area contributed by atoms with E-state index in [1.165, 1.54) is 7.11 Å². The lowest BCUT2D eigenvalue weighted by molar-refractivity contribution is 0.116. The Kier molecular flexibility index (Phi) is 5.41. The number of hydrogen-bond donors (Lipinski definition) is 1. The van der Waals surface area contributed by atoms with Gasteiger partial charge in [-0.3, -0.25) is 14.6 Å². The van der Waals surface area contributed by atoms with E-state index in [0.717, 1.165) is 16.9 Å². The monoisotopic (exact) mass is 431 g/mol. The fourth-order valence-corrected chi connectivity index (χ4v) is 3.63. The molecule has 0 amide bonds. The summed E-state index contributed by atoms with van der Waals surface area (Å²) in [7, 11) is 9.02. The van der Waals surface area contributed by atoms with Crippen LogP contribution in [0.3, 0.4) is 0 Å². The molecule has 4 aromatic rings. The van der Waals surface area contributed by atoms with Gasteiger partial charge in [-0.15, -0.1) is 10.2 Å². The van der Waals surface area contributed by atoms with Gasteiger partial charge in [0.05, 0.1) is 25.3 Å². The van der Waals surface area contributed by atoms with Crippen molar-refractivity contribution < 1.29 is 9.47 Å². The SMILES string of the molecule is COCC(c1nc(-c2c(-n3cnnc3)c3nc(OC)c(Cl)cc3n2C)n[nH]1)N(C)C. The smallest absolute Gasteiger partial charge is 0.233 e. The molecule has 0 bridgehead atoms. The number of halogens is 1. The number of aromatic nitrogens is 8. The van der Waals surface area contributed by atoms with Crippen LogP contribution in [0.5, 0.6) is 5.88 Å². The van der Waals surface area contributed by atoms with Gasteiger partial charge in [0.15, 0.2) is 5.82 Å². The first-order valence-corrected chi connectivity index (χ1v) is 9.50. The number of hydrogen-bond acceptors (Lipinski definition) is 8. The van der Waals surface area contributed by atoms with Crippen LogP contribution < -0.4 is 4.74 Å². The van der Waals surface area contributed by atoms with E-state index in [4.69, 9.17) is 26.1 Å². The number of likely N-dealkylation sites (N-methyl/N-ethyl adjacent to an activating group) is 1. The van der Waals surface area contributed by atoms with Crippen LogP contribution in [-0.4, -0.2) is 79.3 Å². The third-order valence-corrected chi connectivity index (χ3v) is 5.19. The summed E-state index contributed by atoms with van der Waals surface area (Å²) in [6.45, 7) is 0.476. The van der Waals surface area contributed by atoms with Gasteiger partial charge in [-0.2, -0.15) is 5.10 Å². The molecule has 30 heavy (non-hydrogen) atoms. The van der Waals surface area contributed by atoms with Crippen molar-refractivity contribution in [3.63, 3.8) is 0 Å². The van der Waals surface area contributed by atoms with Gasteiger partial charge in [-0.1, -0.05) is 11.6 Å². The highest BCUT2D eigenvalue weighted by Gasteiger charge is 2.26. The first-order chi connectivity index (χ1) is 14.5. The van der Waals surface area contributed by atoms with Crippen molar-refractivity contribution in [1.29, 1.82) is 0 Å². The summed E-state index contributed by atoms with van der Waals surface area (Å²) in [6.07, 6.45) is 3.20. The number of aromatic amines is 1. The van der Waals surface area contributed by atoms with Crippen LogP contribution in [0.4, 0.5) is 0 Å². The summed E-state index contributed by atoms with van der Waals surface area (Å²) < 4.78 is 14.4. The number of ether oxygens (including phenoxy) is 2. The lowest BCUT2D eigenvalue weighted by Crippen LogP contribution is -2.25. The minimum absolute atomic E-state index is 0.0723. The molecule has 1 atom stereocenters. The van der Waals surface area contributed by atoms with Crippen molar-refractivity contribution in [1.82, 2.24) is 44.4 Å². The van der Waals surface area contributed by atoms with Crippen molar-refractivity contribution in [3.05, 3.63) is 29.6 Å². The molecule has 4 aromatic heterocycles. The van der Waals surface area contributed by atoms with Crippen LogP contribution in [-0.2, 0) is 11.8 Å². The molecule has 1 N–H and O–H groups in total. The number of pyridine rings is 1. The quantitative estimate of drug-likeness (QED) is 0.471. The zero-order valence-corrected chi connectivity index (χ0v) is 18.0. The molecule has 0 saturated heterocycles. The maximum absolute atomic E-state index is 6.33. The molecule has 0 fully saturated rings. The Labute approximate surface area is 177 Å². The molecule has 0 aliphatic heterocycles. The Morgan fingerprint density at radius 2 is 1.93 bits per heavy atom. The topological polar surface area (TPSA) is 112 Å². The van der Waals surface area contributed by atoms with Gasteiger partial charge >= 0.3 is 0 Å². The van der Waals surface area contributed by atoms with E-state index in [0.29, 0.717) is 34.7 Å². The third kappa shape index (κ3) is 3.30. The van der Waals surface area contributed by atoms with Crippen molar-refractivity contribution in [2.24, 2.45) is 7.05 Å². The molecule has 0 aromatic carbocycles. The van der Waals surface area contributed by atoms with Gasteiger partial charge in [0.25, 0.3) is 0 Å². The zero-order chi connectivity index (χ0) is 21.4. The van der Waals surface area contributed by atoms with E-state index in [1.807, 2.05) is 30.6 Å². The second-order valence-electron chi connectivity index (χ2n) is 6.95. The van der Waals surface area contributed by atoms with E-state index >= 15 is 0 Å². The maximum atomic E-state index is 6.33. The Balaban J connectivity index is 1.95. The Morgan fingerprint density at radius 3 is 2.57 bits per heavy atom. The Morgan fingerprint density at radius 1 is 1.20 bits per heavy atom. The van der Waals surface area contributed by atoms with E-state index in [-0.39, 0.29) is 6.04 Å². The highest BCUT2D eigenvalue weighted by atomic mass is 35.5. The summed E-state index contributed by atoms with van der Waals surface area (Å²) in [5.74, 6) is 1.53. The number of aryl methyl sites for hydroxylation is 1. The van der Waals surface area contributed by atoms with Gasteiger partial charge < -0.3 is 14.0 Å². The molecule has 0 aliphatic carbocycles. The minimum Gasteiger partial charge on any atom is -0.480 e. The van der Waals surface area contributed by atoms with Crippen LogP contribution in [0.15, 0.2) is 18.7 Å². The highest BCUT2D eigenvalue weighted by Crippen LogP contribution is 2.37. The number of fused-ring (bicyclic) bond motifs is 1. The molecule has 0 saturated carbocycles. The zero-order valence-electron chi connectivity index (χ0n) is 17.3. The number of rotatable bonds is 7. The van der Waals surface area contributed by atoms with Crippen molar-refractivity contribution in [2.45, 2.75) is 6.04 Å². The summed E-state index contributed by atoms with van der Waals surface area (Å²) in [5, 5.41) is 15.8. The fourth-order valence-electron chi connectivity index (χ4n) is 3.40. The summed E-state index contributed by atoms with van der Waals surface area (Å²) in [6, 6.07) is 1.73. The molecule has 12 heteroatoms. The van der Waals surface area contributed by atoms with Crippen LogP contribution in [0.25, 0.3) is 28.2 Å². The molecule has 158 valence electrons. The Bertz CT molecular complexity index is 1170. The molecule has 4 rings (SSSR count). The summed E-state index contributed by atoms with van der Waals surface area (Å²) in [5.41, 5.74) is 2.93. The van der Waals surface area contributed by atoms with E-state index in [1.54, 1.807) is 30.4 Å². The number of nitrogens with one attached hydrogen (secondary N) is 1. The first kappa shape index (κ1) is 20.3. The molecule has 0 aliphatic rings. The summed E-state index contributed by atoms with van der Waals surface area (Å²) in [4.78, 5) is 11.4. The average Bonchev–Trinajstić information content (AvgIpc) is 3.45. The second kappa shape index (κ2) is 8.01. The molecule has 1 unspecified atom stereocenters. The normalized spacial score (nSPS) is 12.8. The Hall–Kier alpha value is -3.02. The maximum Gasteiger partial charge on any atom is 0.233 e. The van der Waals surface area contributed by atoms with Crippen LogP contribution >= 0.6 is 11.6 Å². The highest BCUT2D eigenvalue weighted by molar-refractivity contribution is 6.32. The van der Waals surface area contributed by atoms with Gasteiger partial charge in [0, 0.05) is 14.2 Å². The summed E-state index contributed by atoms with van der Waals surface area (Å²) >= 11 is 6.33. The molecule has 0 spiro atoms. The number of methoxy groups -OCH3 is 2. The van der Waals surface area contributed by atoms with Crippen molar-refractivity contribution in [2.75, 3.05) is 34.9 Å². The molecule has 0 radical (unpaired) electrons. The fraction of sp³-hybridized carbons (Fsp3) is 0.389. The lowest BCUT2D eigenvalue weighted by Gasteiger charge is -2.20. The van der Waals surface area contributed by atoms with Crippen LogP contribution in [0, 0.1) is 0 Å². The molecule has 4 heterocycles. The second-order valence-corrected chi connectivity index (χ2v) is 7.36. The van der Waals surface area contributed by atoms with E-state index in [9.17, 15) is 0 Å². The molecular formula is C18H22ClN9O2. The molecular weight excluding hydrogens is 410 g/mol. The van der Waals surface area contributed by atoms with Crippen molar-refractivity contribution >= 4 is 22.6 Å². The minimum atomic E-state index is -0.0723. The average molecular weight is 432 g/mol. The number of H-pyrrole nitrogens is 1. The van der Waals surface area contributed by atoms with Crippen LogP contribution in [0.1, 0.15) is 11.9 Å². The molecule has 11 nitrogen and oxygen atoms in total. The standard InChI is InChI=1S/C18H22ClN9O2/c1-26(2)12(7-29-4)16-23-17(25-24-16)15-14(28-8-20-21-9-28)13-11(27(15)3)6-10(19)18(22-13)30-5/h6,8-9,12H,7H2,1-5H3,(H,23,24,25). The van der Waals surface area contributed by atoms with Gasteiger partial charge in [-0.05, 0) is 20.2 Å². The number of nitrogens with zero attached hydrogens (tertiary/aromatic N) is 8. The van der Waals surface area contributed by atoms with Crippen molar-refractivity contribution in [3.8, 4) is 23.1 Å². The van der Waals surface area contributed by atoms with Gasteiger partial charge in [-0.25, -0.2) is 9.97 Å². The largest absolute Gasteiger partial charge is 0.480 e. The third-order valence-electron chi connectivity index (χ3n) is 4.92. The predicted molar refractivity (Wildman–Crippen MR) is 111 cm³/mol.